The first-order valence-corrected chi connectivity index (χ1v) is 9.50. The quantitative estimate of drug-likeness (QED) is 0.633. The molecule has 7 heteroatoms. The van der Waals surface area contributed by atoms with Gasteiger partial charge in [0.05, 0.1) is 11.4 Å². The molecule has 5 nitrogen and oxygen atoms in total. The van der Waals surface area contributed by atoms with Crippen LogP contribution in [0.15, 0.2) is 59.6 Å². The standard InChI is InChI=1S/C20H15ClN2O3S/c21-15-3-6-17-14(12-15)7-8-23(17)9-10-26-16-4-1-13(2-5-16)11-18-19(24)22-20(25)27-18/h1-8,11-12H,9-10H2,(H,22,24,25)/b18-11-. The summed E-state index contributed by atoms with van der Waals surface area (Å²) in [6.07, 6.45) is 3.71. The summed E-state index contributed by atoms with van der Waals surface area (Å²) < 4.78 is 7.93. The normalized spacial score (nSPS) is 15.5. The lowest BCUT2D eigenvalue weighted by atomic mass is 10.2. The van der Waals surface area contributed by atoms with Gasteiger partial charge in [0, 0.05) is 22.1 Å². The van der Waals surface area contributed by atoms with Gasteiger partial charge in [0.25, 0.3) is 11.1 Å². The molecule has 0 radical (unpaired) electrons. The molecule has 1 aliphatic rings. The van der Waals surface area contributed by atoms with E-state index in [9.17, 15) is 9.59 Å². The van der Waals surface area contributed by atoms with Crippen LogP contribution in [0.25, 0.3) is 17.0 Å². The highest BCUT2D eigenvalue weighted by Crippen LogP contribution is 2.26. The maximum atomic E-state index is 11.6. The zero-order chi connectivity index (χ0) is 18.8. The zero-order valence-corrected chi connectivity index (χ0v) is 15.7. The van der Waals surface area contributed by atoms with Crippen LogP contribution in [-0.4, -0.2) is 22.3 Å². The van der Waals surface area contributed by atoms with E-state index in [0.717, 1.165) is 45.5 Å². The van der Waals surface area contributed by atoms with E-state index in [-0.39, 0.29) is 11.1 Å². The minimum absolute atomic E-state index is 0.342. The molecule has 0 spiro atoms. The van der Waals surface area contributed by atoms with Gasteiger partial charge < -0.3 is 9.30 Å². The Morgan fingerprint density at radius 3 is 2.67 bits per heavy atom. The number of carbonyl (C=O) groups excluding carboxylic acids is 2. The minimum Gasteiger partial charge on any atom is -0.492 e. The van der Waals surface area contributed by atoms with Crippen molar-refractivity contribution in [3.05, 3.63) is 70.2 Å². The van der Waals surface area contributed by atoms with Gasteiger partial charge in [0.15, 0.2) is 0 Å². The predicted octanol–water partition coefficient (Wildman–Crippen LogP) is 4.70. The van der Waals surface area contributed by atoms with Crippen molar-refractivity contribution in [2.45, 2.75) is 6.54 Å². The third kappa shape index (κ3) is 4.02. The van der Waals surface area contributed by atoms with Crippen LogP contribution in [0.2, 0.25) is 5.02 Å². The number of benzene rings is 2. The highest BCUT2D eigenvalue weighted by molar-refractivity contribution is 8.18. The Hall–Kier alpha value is -2.70. The fourth-order valence-corrected chi connectivity index (χ4v) is 3.72. The van der Waals surface area contributed by atoms with Crippen molar-refractivity contribution in [2.75, 3.05) is 6.61 Å². The molecule has 0 atom stereocenters. The largest absolute Gasteiger partial charge is 0.492 e. The van der Waals surface area contributed by atoms with E-state index in [1.165, 1.54) is 0 Å². The topological polar surface area (TPSA) is 60.3 Å². The van der Waals surface area contributed by atoms with Gasteiger partial charge in [0.2, 0.25) is 0 Å². The van der Waals surface area contributed by atoms with Crippen LogP contribution >= 0.6 is 23.4 Å². The number of ether oxygens (including phenoxy) is 1. The smallest absolute Gasteiger partial charge is 0.290 e. The number of thioether (sulfide) groups is 1. The van der Waals surface area contributed by atoms with Crippen LogP contribution < -0.4 is 10.1 Å². The predicted molar refractivity (Wildman–Crippen MR) is 108 cm³/mol. The molecule has 1 N–H and O–H groups in total. The second-order valence-corrected chi connectivity index (χ2v) is 7.43. The average molecular weight is 399 g/mol. The number of hydrogen-bond acceptors (Lipinski definition) is 4. The number of aromatic nitrogens is 1. The maximum absolute atomic E-state index is 11.6. The third-order valence-electron chi connectivity index (χ3n) is 4.15. The zero-order valence-electron chi connectivity index (χ0n) is 14.1. The van der Waals surface area contributed by atoms with Crippen molar-refractivity contribution in [2.24, 2.45) is 0 Å². The van der Waals surface area contributed by atoms with Gasteiger partial charge >= 0.3 is 0 Å². The Labute approximate surface area is 164 Å². The Kier molecular flexibility index (Phi) is 4.92. The summed E-state index contributed by atoms with van der Waals surface area (Å²) in [6, 6.07) is 15.3. The van der Waals surface area contributed by atoms with E-state index in [1.807, 2.05) is 54.7 Å². The first kappa shape index (κ1) is 17.7. The summed E-state index contributed by atoms with van der Waals surface area (Å²) in [5.41, 5.74) is 1.95. The molecule has 0 aliphatic carbocycles. The van der Waals surface area contributed by atoms with Crippen molar-refractivity contribution in [3.63, 3.8) is 0 Å². The van der Waals surface area contributed by atoms with E-state index in [0.29, 0.717) is 11.5 Å². The summed E-state index contributed by atoms with van der Waals surface area (Å²) >= 11 is 6.92. The number of rotatable bonds is 5. The Bertz CT molecular complexity index is 1060. The van der Waals surface area contributed by atoms with Gasteiger partial charge in [-0.05, 0) is 59.8 Å². The molecule has 1 fully saturated rings. The molecular weight excluding hydrogens is 384 g/mol. The van der Waals surface area contributed by atoms with E-state index < -0.39 is 0 Å². The van der Waals surface area contributed by atoms with Crippen molar-refractivity contribution in [3.8, 4) is 5.75 Å². The van der Waals surface area contributed by atoms with Crippen LogP contribution in [0.4, 0.5) is 4.79 Å². The summed E-state index contributed by atoms with van der Waals surface area (Å²) in [4.78, 5) is 23.1. The van der Waals surface area contributed by atoms with Gasteiger partial charge in [-0.3, -0.25) is 14.9 Å². The Morgan fingerprint density at radius 2 is 1.93 bits per heavy atom. The fourth-order valence-electron chi connectivity index (χ4n) is 2.86. The summed E-state index contributed by atoms with van der Waals surface area (Å²) in [7, 11) is 0. The van der Waals surface area contributed by atoms with Crippen molar-refractivity contribution >= 4 is 51.5 Å². The Morgan fingerprint density at radius 1 is 1.11 bits per heavy atom. The number of halogens is 1. The number of amides is 2. The lowest BCUT2D eigenvalue weighted by Gasteiger charge is -2.09. The van der Waals surface area contributed by atoms with E-state index >= 15 is 0 Å². The molecule has 2 aromatic carbocycles. The summed E-state index contributed by atoms with van der Waals surface area (Å²) in [5, 5.41) is 3.73. The van der Waals surface area contributed by atoms with E-state index in [4.69, 9.17) is 16.3 Å². The minimum atomic E-state index is -0.356. The second-order valence-electron chi connectivity index (χ2n) is 5.98. The highest BCUT2D eigenvalue weighted by atomic mass is 35.5. The van der Waals surface area contributed by atoms with Gasteiger partial charge in [0.1, 0.15) is 12.4 Å². The van der Waals surface area contributed by atoms with Crippen molar-refractivity contribution < 1.29 is 14.3 Å². The van der Waals surface area contributed by atoms with Crippen LogP contribution in [0.3, 0.4) is 0 Å². The Balaban J connectivity index is 1.37. The molecule has 136 valence electrons. The maximum Gasteiger partial charge on any atom is 0.290 e. The molecule has 0 unspecified atom stereocenters. The van der Waals surface area contributed by atoms with Gasteiger partial charge in [-0.1, -0.05) is 23.7 Å². The average Bonchev–Trinajstić information content (AvgIpc) is 3.18. The fraction of sp³-hybridized carbons (Fsp3) is 0.100. The number of imide groups is 1. The highest BCUT2D eigenvalue weighted by Gasteiger charge is 2.24. The number of hydrogen-bond donors (Lipinski definition) is 1. The van der Waals surface area contributed by atoms with Crippen LogP contribution in [0.1, 0.15) is 5.56 Å². The molecule has 0 bridgehead atoms. The van der Waals surface area contributed by atoms with Crippen LogP contribution in [0, 0.1) is 0 Å². The molecule has 2 amide bonds. The van der Waals surface area contributed by atoms with Gasteiger partial charge in [-0.15, -0.1) is 0 Å². The third-order valence-corrected chi connectivity index (χ3v) is 5.20. The number of nitrogens with zero attached hydrogens (tertiary/aromatic N) is 1. The summed E-state index contributed by atoms with van der Waals surface area (Å²) in [5.74, 6) is 0.391. The van der Waals surface area contributed by atoms with Crippen molar-refractivity contribution in [1.82, 2.24) is 9.88 Å². The van der Waals surface area contributed by atoms with Gasteiger partial charge in [-0.2, -0.15) is 0 Å². The van der Waals surface area contributed by atoms with Crippen LogP contribution in [-0.2, 0) is 11.3 Å². The monoisotopic (exact) mass is 398 g/mol. The molecule has 2 heterocycles. The molecule has 27 heavy (non-hydrogen) atoms. The summed E-state index contributed by atoms with van der Waals surface area (Å²) in [6.45, 7) is 1.25. The van der Waals surface area contributed by atoms with Crippen molar-refractivity contribution in [1.29, 1.82) is 0 Å². The SMILES string of the molecule is O=C1NC(=O)/C(=C/c2ccc(OCCn3ccc4cc(Cl)ccc43)cc2)S1. The first-order valence-electron chi connectivity index (χ1n) is 8.31. The molecule has 1 saturated heterocycles. The second kappa shape index (κ2) is 7.50. The molecule has 1 aliphatic heterocycles. The number of nitrogens with one attached hydrogen (secondary N) is 1. The molecular formula is C20H15ClN2O3S. The lowest BCUT2D eigenvalue weighted by molar-refractivity contribution is -0.115. The molecule has 3 aromatic rings. The first-order chi connectivity index (χ1) is 13.1. The number of fused-ring (bicyclic) bond motifs is 1. The van der Waals surface area contributed by atoms with Crippen LogP contribution in [0.5, 0.6) is 5.75 Å². The lowest BCUT2D eigenvalue weighted by Crippen LogP contribution is -2.17. The molecule has 1 aromatic heterocycles. The van der Waals surface area contributed by atoms with E-state index in [1.54, 1.807) is 6.08 Å². The van der Waals surface area contributed by atoms with Gasteiger partial charge in [-0.25, -0.2) is 0 Å². The molecule has 0 saturated carbocycles. The van der Waals surface area contributed by atoms with E-state index in [2.05, 4.69) is 9.88 Å². The number of carbonyl (C=O) groups is 2. The molecule has 4 rings (SSSR count).